The first-order chi connectivity index (χ1) is 38.4. The Balaban J connectivity index is 0.000000136. The summed E-state index contributed by atoms with van der Waals surface area (Å²) in [5, 5.41) is 21.0. The molecule has 17 heteroatoms. The monoisotopic (exact) mass is 1170 g/mol. The maximum atomic E-state index is 14.4. The van der Waals surface area contributed by atoms with Gasteiger partial charge in [-0.25, -0.2) is 24.5 Å². The van der Waals surface area contributed by atoms with Gasteiger partial charge < -0.3 is 34.6 Å². The number of nitrogens with one attached hydrogen (secondary N) is 1. The van der Waals surface area contributed by atoms with Crippen LogP contribution in [0.2, 0.25) is 0 Å². The SMILES string of the molecule is CC(C)(C)OC(=O)N1C2CCC1C(c1cnc(F)c(Br)c1)C2.Cc1ccc(-c2cc(C3CC4CCC3N4)cnc2F)cc1.Cc1ccc(-c2cc(C3CC4CCC3N4C(=O)OC(C)(C)C)cnc2F)cc1.Cc1ccc(B(O)O)cc1. The molecule has 6 aliphatic heterocycles. The molecule has 9 unspecified atom stereocenters. The van der Waals surface area contributed by atoms with E-state index in [2.05, 4.69) is 36.2 Å². The van der Waals surface area contributed by atoms with Crippen molar-refractivity contribution in [3.05, 3.63) is 165 Å². The predicted molar refractivity (Wildman–Crippen MR) is 313 cm³/mol. The molecule has 12 rings (SSSR count). The van der Waals surface area contributed by atoms with Crippen LogP contribution >= 0.6 is 15.9 Å². The smallest absolute Gasteiger partial charge is 0.444 e. The van der Waals surface area contributed by atoms with Gasteiger partial charge >= 0.3 is 19.3 Å². The van der Waals surface area contributed by atoms with Crippen LogP contribution in [0.15, 0.2) is 114 Å². The topological polar surface area (TPSA) is 150 Å². The summed E-state index contributed by atoms with van der Waals surface area (Å²) >= 11 is 3.19. The van der Waals surface area contributed by atoms with E-state index in [0.29, 0.717) is 39.1 Å². The number of hydrogen-bond acceptors (Lipinski definition) is 10. The second-order valence-electron chi connectivity index (χ2n) is 24.7. The van der Waals surface area contributed by atoms with Gasteiger partial charge in [0.2, 0.25) is 17.8 Å². The fraction of sp³-hybridized carbons (Fsp3) is 0.453. The van der Waals surface area contributed by atoms with Crippen LogP contribution < -0.4 is 10.8 Å². The van der Waals surface area contributed by atoms with Crippen LogP contribution in [0, 0.1) is 38.6 Å². The van der Waals surface area contributed by atoms with Crippen molar-refractivity contribution in [2.45, 2.75) is 185 Å². The van der Waals surface area contributed by atoms with Crippen molar-refractivity contribution in [3.8, 4) is 22.3 Å². The number of fused-ring (bicyclic) bond motifs is 6. The van der Waals surface area contributed by atoms with E-state index in [4.69, 9.17) is 19.5 Å². The van der Waals surface area contributed by atoms with Gasteiger partial charge in [-0.05, 0) is 188 Å². The molecule has 6 fully saturated rings. The molecule has 6 aliphatic rings. The number of ether oxygens (including phenoxy) is 2. The Hall–Kier alpha value is -6.14. The average Bonchev–Trinajstić information content (AvgIpc) is 4.52. The molecule has 9 heterocycles. The van der Waals surface area contributed by atoms with Gasteiger partial charge in [0.15, 0.2) is 0 Å². The lowest BCUT2D eigenvalue weighted by atomic mass is 9.80. The molecule has 81 heavy (non-hydrogen) atoms. The number of amides is 2. The molecule has 428 valence electrons. The molecular weight excluding hydrogens is 1100 g/mol. The lowest BCUT2D eigenvalue weighted by Crippen LogP contribution is -2.40. The maximum absolute atomic E-state index is 14.4. The number of aromatic nitrogens is 3. The van der Waals surface area contributed by atoms with Gasteiger partial charge in [-0.15, -0.1) is 0 Å². The van der Waals surface area contributed by atoms with E-state index in [0.717, 1.165) is 78.3 Å². The molecule has 6 aromatic rings. The number of hydrogen-bond donors (Lipinski definition) is 3. The largest absolute Gasteiger partial charge is 0.488 e. The zero-order valence-corrected chi connectivity index (χ0v) is 49.4. The summed E-state index contributed by atoms with van der Waals surface area (Å²) in [6.45, 7) is 17.3. The summed E-state index contributed by atoms with van der Waals surface area (Å²) in [4.78, 5) is 40.8. The molecule has 3 N–H and O–H groups in total. The van der Waals surface area contributed by atoms with Crippen molar-refractivity contribution in [1.82, 2.24) is 30.1 Å². The minimum absolute atomic E-state index is 0.0954. The number of rotatable bonds is 6. The van der Waals surface area contributed by atoms with Gasteiger partial charge in [0, 0.05) is 83.7 Å². The predicted octanol–water partition coefficient (Wildman–Crippen LogP) is 13.2. The molecule has 0 radical (unpaired) electrons. The highest BCUT2D eigenvalue weighted by molar-refractivity contribution is 9.10. The third-order valence-corrected chi connectivity index (χ3v) is 17.1. The van der Waals surface area contributed by atoms with Gasteiger partial charge in [-0.2, -0.15) is 13.2 Å². The Bertz CT molecular complexity index is 3180. The van der Waals surface area contributed by atoms with Crippen LogP contribution in [0.4, 0.5) is 22.8 Å². The van der Waals surface area contributed by atoms with Gasteiger partial charge in [0.25, 0.3) is 0 Å². The molecule has 6 saturated heterocycles. The maximum Gasteiger partial charge on any atom is 0.488 e. The third kappa shape index (κ3) is 14.2. The third-order valence-electron chi connectivity index (χ3n) is 16.5. The molecule has 0 aliphatic carbocycles. The van der Waals surface area contributed by atoms with Gasteiger partial charge in [0.1, 0.15) is 11.2 Å². The molecule has 0 saturated carbocycles. The first-order valence-electron chi connectivity index (χ1n) is 28.4. The van der Waals surface area contributed by atoms with Gasteiger partial charge in [-0.3, -0.25) is 0 Å². The summed E-state index contributed by atoms with van der Waals surface area (Å²) in [5.41, 5.74) is 8.98. The summed E-state index contributed by atoms with van der Waals surface area (Å²) in [7, 11) is -1.35. The quantitative estimate of drug-likeness (QED) is 0.109. The second kappa shape index (κ2) is 24.8. The van der Waals surface area contributed by atoms with E-state index in [1.165, 1.54) is 24.0 Å². The Morgan fingerprint density at radius 2 is 0.975 bits per heavy atom. The minimum Gasteiger partial charge on any atom is -0.444 e. The second-order valence-corrected chi connectivity index (χ2v) is 25.6. The Kier molecular flexibility index (Phi) is 18.2. The molecule has 9 atom stereocenters. The van der Waals surface area contributed by atoms with E-state index in [9.17, 15) is 22.8 Å². The molecule has 0 spiro atoms. The Morgan fingerprint density at radius 3 is 1.36 bits per heavy atom. The molecule has 2 amide bonds. The number of carbonyl (C=O) groups is 2. The highest BCUT2D eigenvalue weighted by Crippen LogP contribution is 2.49. The Labute approximate surface area is 483 Å². The van der Waals surface area contributed by atoms with Crippen LogP contribution in [0.5, 0.6) is 0 Å². The first kappa shape index (κ1) is 59.5. The first-order valence-corrected chi connectivity index (χ1v) is 29.2. The van der Waals surface area contributed by atoms with Crippen molar-refractivity contribution in [3.63, 3.8) is 0 Å². The zero-order chi connectivity index (χ0) is 58.1. The minimum atomic E-state index is -1.35. The summed E-state index contributed by atoms with van der Waals surface area (Å²) in [6.07, 6.45) is 13.8. The van der Waals surface area contributed by atoms with Crippen molar-refractivity contribution in [2.24, 2.45) is 0 Å². The Morgan fingerprint density at radius 1 is 0.568 bits per heavy atom. The van der Waals surface area contributed by atoms with Crippen molar-refractivity contribution < 1.29 is 42.3 Å². The zero-order valence-electron chi connectivity index (χ0n) is 47.8. The standard InChI is InChI=1S/C23H27FN2O2.C18H19FN2.C16H20BrFN2O2.C7H9BO2/c1-14-5-7-15(8-6-14)19-11-16(13-25-21(19)24)18-12-17-9-10-20(18)26(17)22(27)28-23(2,3)4;1-11-2-4-12(5-3-11)16-8-13(10-20-18(16)19)15-9-14-6-7-17(15)21-14;1-16(2,3)22-15(21)20-10-4-5-13(20)11(7-10)9-6-12(17)14(18)19-8-9;1-6-2-4-7(5-3-6)8(9)10/h5-8,11,13,17-18,20H,9-10,12H2,1-4H3;2-5,8,10,14-15,17,21H,6-7,9H2,1H3;6,8,10-11,13H,4-5,7H2,1-3H3;2-5,9-10H,1H3. The normalized spacial score (nSPS) is 23.9. The van der Waals surface area contributed by atoms with E-state index >= 15 is 0 Å². The highest BCUT2D eigenvalue weighted by Gasteiger charge is 2.52. The lowest BCUT2D eigenvalue weighted by molar-refractivity contribution is 0.0201. The number of aryl methyl sites for hydroxylation is 3. The molecule has 12 nitrogen and oxygen atoms in total. The van der Waals surface area contributed by atoms with Crippen molar-refractivity contribution >= 4 is 40.7 Å². The number of pyridine rings is 3. The van der Waals surface area contributed by atoms with Crippen LogP contribution in [-0.2, 0) is 9.47 Å². The number of benzene rings is 3. The molecule has 3 aromatic carbocycles. The van der Waals surface area contributed by atoms with Crippen LogP contribution in [-0.4, -0.2) is 102 Å². The fourth-order valence-electron chi connectivity index (χ4n) is 12.7. The van der Waals surface area contributed by atoms with Gasteiger partial charge in [-0.1, -0.05) is 89.5 Å². The number of carbonyl (C=O) groups excluding carboxylic acids is 2. The fourth-order valence-corrected chi connectivity index (χ4v) is 13.0. The van der Waals surface area contributed by atoms with Crippen molar-refractivity contribution in [1.29, 1.82) is 0 Å². The number of nitrogens with zero attached hydrogens (tertiary/aromatic N) is 5. The van der Waals surface area contributed by atoms with E-state index in [1.54, 1.807) is 36.8 Å². The van der Waals surface area contributed by atoms with Crippen LogP contribution in [0.3, 0.4) is 0 Å². The van der Waals surface area contributed by atoms with E-state index < -0.39 is 30.2 Å². The summed E-state index contributed by atoms with van der Waals surface area (Å²) in [5.74, 6) is -0.477. The summed E-state index contributed by atoms with van der Waals surface area (Å²) < 4.78 is 53.4. The summed E-state index contributed by atoms with van der Waals surface area (Å²) in [6, 6.07) is 30.4. The van der Waals surface area contributed by atoms with Crippen LogP contribution in [0.1, 0.15) is 150 Å². The van der Waals surface area contributed by atoms with E-state index in [-0.39, 0.29) is 54.1 Å². The number of halogens is 4. The van der Waals surface area contributed by atoms with Crippen molar-refractivity contribution in [2.75, 3.05) is 0 Å². The molecular formula is C64H75BBrF3N6O6. The van der Waals surface area contributed by atoms with Gasteiger partial charge in [0.05, 0.1) is 4.47 Å². The molecule has 6 bridgehead atoms. The molecule has 3 aromatic heterocycles. The van der Waals surface area contributed by atoms with E-state index in [1.807, 2.05) is 145 Å². The lowest BCUT2D eigenvalue weighted by Gasteiger charge is -2.28. The highest BCUT2D eigenvalue weighted by atomic mass is 79.9. The average molecular weight is 1170 g/mol. The van der Waals surface area contributed by atoms with Crippen LogP contribution in [0.25, 0.3) is 22.3 Å².